The highest BCUT2D eigenvalue weighted by atomic mass is 16.3. The number of aromatic nitrogens is 4. The number of para-hydroxylation sites is 4. The lowest BCUT2D eigenvalue weighted by molar-refractivity contribution is 0.669. The predicted molar refractivity (Wildman–Crippen MR) is 244 cm³/mol. The molecule has 9 aromatic carbocycles. The van der Waals surface area contributed by atoms with Crippen molar-refractivity contribution in [1.82, 2.24) is 19.1 Å². The normalized spacial score (nSPS) is 12.1. The fourth-order valence-electron chi connectivity index (χ4n) is 9.45. The number of nitrogens with zero attached hydrogens (tertiary/aromatic N) is 4. The van der Waals surface area contributed by atoms with Gasteiger partial charge in [-0.2, -0.15) is 0 Å². The van der Waals surface area contributed by atoms with Crippen LogP contribution in [0.5, 0.6) is 0 Å². The zero-order valence-electron chi connectivity index (χ0n) is 31.7. The molecule has 4 heterocycles. The Hall–Kier alpha value is -8.02. The lowest BCUT2D eigenvalue weighted by Gasteiger charge is -2.13. The van der Waals surface area contributed by atoms with Crippen LogP contribution in [-0.2, 0) is 0 Å². The van der Waals surface area contributed by atoms with Gasteiger partial charge in [-0.25, -0.2) is 9.97 Å². The van der Waals surface area contributed by atoms with E-state index in [4.69, 9.17) is 14.4 Å². The molecule has 0 aliphatic heterocycles. The molecule has 274 valence electrons. The van der Waals surface area contributed by atoms with Crippen LogP contribution in [0.1, 0.15) is 0 Å². The molecule has 0 saturated carbocycles. The second-order valence-electron chi connectivity index (χ2n) is 15.4. The molecule has 0 unspecified atom stereocenters. The fraction of sp³-hybridized carbons (Fsp3) is 0. The number of rotatable bonds is 4. The van der Waals surface area contributed by atoms with Crippen molar-refractivity contribution < 1.29 is 4.42 Å². The van der Waals surface area contributed by atoms with Crippen molar-refractivity contribution in [1.29, 1.82) is 0 Å². The van der Waals surface area contributed by atoms with Crippen LogP contribution in [0, 0.1) is 0 Å². The van der Waals surface area contributed by atoms with Gasteiger partial charge < -0.3 is 8.98 Å². The first-order valence-corrected chi connectivity index (χ1v) is 20.0. The molecule has 0 amide bonds. The van der Waals surface area contributed by atoms with Crippen LogP contribution in [0.3, 0.4) is 0 Å². The summed E-state index contributed by atoms with van der Waals surface area (Å²) in [4.78, 5) is 10.6. The molecule has 59 heavy (non-hydrogen) atoms. The summed E-state index contributed by atoms with van der Waals surface area (Å²) in [5.41, 5.74) is 12.6. The molecule has 13 rings (SSSR count). The van der Waals surface area contributed by atoms with Gasteiger partial charge in [0.25, 0.3) is 0 Å². The summed E-state index contributed by atoms with van der Waals surface area (Å²) < 4.78 is 10.8. The van der Waals surface area contributed by atoms with Crippen LogP contribution >= 0.6 is 0 Å². The monoisotopic (exact) mass is 752 g/mol. The SMILES string of the molecule is c1ccc2c(-c3nc(-n4c5ccccc5c5cc(-c6ccc7c(c6)c6ccccc6n7-c6ccc7oc8ccccc8c7c6)ccc54)nc4ccccc34)cccc2c1. The minimum absolute atomic E-state index is 0.654. The van der Waals surface area contributed by atoms with Gasteiger partial charge in [0.15, 0.2) is 0 Å². The third-order valence-corrected chi connectivity index (χ3v) is 12.1. The van der Waals surface area contributed by atoms with Crippen molar-refractivity contribution in [2.24, 2.45) is 0 Å². The van der Waals surface area contributed by atoms with E-state index in [1.54, 1.807) is 0 Å². The summed E-state index contributed by atoms with van der Waals surface area (Å²) in [6.45, 7) is 0. The van der Waals surface area contributed by atoms with Gasteiger partial charge in [0.1, 0.15) is 11.2 Å². The van der Waals surface area contributed by atoms with Crippen LogP contribution in [0.15, 0.2) is 199 Å². The van der Waals surface area contributed by atoms with Crippen molar-refractivity contribution in [3.8, 4) is 34.0 Å². The summed E-state index contributed by atoms with van der Waals surface area (Å²) in [6, 6.07) is 69.1. The topological polar surface area (TPSA) is 48.8 Å². The lowest BCUT2D eigenvalue weighted by Crippen LogP contribution is -2.03. The molecule has 13 aromatic rings. The fourth-order valence-corrected chi connectivity index (χ4v) is 9.45. The van der Waals surface area contributed by atoms with E-state index in [9.17, 15) is 0 Å². The van der Waals surface area contributed by atoms with Crippen LogP contribution < -0.4 is 0 Å². The maximum absolute atomic E-state index is 6.19. The van der Waals surface area contributed by atoms with Gasteiger partial charge in [-0.3, -0.25) is 4.57 Å². The molecule has 0 aliphatic rings. The third kappa shape index (κ3) is 4.73. The maximum Gasteiger partial charge on any atom is 0.235 e. The lowest BCUT2D eigenvalue weighted by atomic mass is 9.99. The molecular weight excluding hydrogens is 721 g/mol. The first-order valence-electron chi connectivity index (χ1n) is 20.0. The number of benzene rings is 9. The van der Waals surface area contributed by atoms with Gasteiger partial charge in [0, 0.05) is 49.0 Å². The van der Waals surface area contributed by atoms with Crippen LogP contribution in [0.2, 0.25) is 0 Å². The second-order valence-corrected chi connectivity index (χ2v) is 15.4. The van der Waals surface area contributed by atoms with Crippen molar-refractivity contribution in [3.63, 3.8) is 0 Å². The van der Waals surface area contributed by atoms with E-state index in [2.05, 4.69) is 191 Å². The Bertz CT molecular complexity index is 3860. The van der Waals surface area contributed by atoms with Gasteiger partial charge in [-0.05, 0) is 88.6 Å². The standard InChI is InChI=1S/C54H32N4O/c1-2-14-37-33(12-1)13-11-19-41(37)53-42-18-3-7-20-46(42)55-54(56-53)58-48-22-9-5-16-39(48)44-31-35(25-28-50(44)58)34-24-27-49-43(30-34)38-15-4-8-21-47(38)57(49)36-26-29-52-45(32-36)40-17-6-10-23-51(40)59-52/h1-32H. The Balaban J connectivity index is 0.988. The smallest absolute Gasteiger partial charge is 0.235 e. The molecule has 0 saturated heterocycles. The molecule has 0 bridgehead atoms. The van der Waals surface area contributed by atoms with Gasteiger partial charge >= 0.3 is 0 Å². The molecule has 4 aromatic heterocycles. The van der Waals surface area contributed by atoms with Gasteiger partial charge in [0.2, 0.25) is 5.95 Å². The minimum atomic E-state index is 0.654. The number of fused-ring (bicyclic) bond motifs is 11. The second kappa shape index (κ2) is 12.2. The van der Waals surface area contributed by atoms with Gasteiger partial charge in [-0.15, -0.1) is 0 Å². The van der Waals surface area contributed by atoms with E-state index in [1.807, 2.05) is 12.1 Å². The molecular formula is C54H32N4O. The van der Waals surface area contributed by atoms with Crippen LogP contribution in [0.25, 0.3) is 121 Å². The maximum atomic E-state index is 6.19. The highest BCUT2D eigenvalue weighted by Gasteiger charge is 2.20. The summed E-state index contributed by atoms with van der Waals surface area (Å²) in [5, 5.41) is 10.4. The molecule has 5 heteroatoms. The van der Waals surface area contributed by atoms with Crippen molar-refractivity contribution in [2.45, 2.75) is 0 Å². The summed E-state index contributed by atoms with van der Waals surface area (Å²) in [7, 11) is 0. The Morgan fingerprint density at radius 3 is 1.71 bits per heavy atom. The molecule has 0 radical (unpaired) electrons. The van der Waals surface area contributed by atoms with Crippen LogP contribution in [0.4, 0.5) is 0 Å². The Morgan fingerprint density at radius 2 is 0.932 bits per heavy atom. The van der Waals surface area contributed by atoms with E-state index in [1.165, 1.54) is 27.1 Å². The van der Waals surface area contributed by atoms with E-state index in [0.29, 0.717) is 5.95 Å². The quantitative estimate of drug-likeness (QED) is 0.180. The summed E-state index contributed by atoms with van der Waals surface area (Å²) in [6.07, 6.45) is 0. The molecule has 0 N–H and O–H groups in total. The number of hydrogen-bond acceptors (Lipinski definition) is 3. The van der Waals surface area contributed by atoms with Crippen molar-refractivity contribution >= 4 is 87.2 Å². The van der Waals surface area contributed by atoms with E-state index < -0.39 is 0 Å². The predicted octanol–water partition coefficient (Wildman–Crippen LogP) is 14.2. The zero-order chi connectivity index (χ0) is 38.6. The number of hydrogen-bond donors (Lipinski definition) is 0. The highest BCUT2D eigenvalue weighted by molar-refractivity contribution is 6.13. The first-order chi connectivity index (χ1) is 29.2. The van der Waals surface area contributed by atoms with E-state index >= 15 is 0 Å². The van der Waals surface area contributed by atoms with Gasteiger partial charge in [0.05, 0.1) is 33.3 Å². The third-order valence-electron chi connectivity index (χ3n) is 12.1. The zero-order valence-corrected chi connectivity index (χ0v) is 31.7. The molecule has 0 fully saturated rings. The Kier molecular flexibility index (Phi) is 6.66. The largest absolute Gasteiger partial charge is 0.456 e. The van der Waals surface area contributed by atoms with E-state index in [0.717, 1.165) is 88.2 Å². The Morgan fingerprint density at radius 1 is 0.356 bits per heavy atom. The molecule has 5 nitrogen and oxygen atoms in total. The Labute approximate surface area is 337 Å². The highest BCUT2D eigenvalue weighted by Crippen LogP contribution is 2.40. The molecule has 0 spiro atoms. The first kappa shape index (κ1) is 32.1. The average molecular weight is 753 g/mol. The van der Waals surface area contributed by atoms with E-state index in [-0.39, 0.29) is 0 Å². The summed E-state index contributed by atoms with van der Waals surface area (Å²) >= 11 is 0. The minimum Gasteiger partial charge on any atom is -0.456 e. The summed E-state index contributed by atoms with van der Waals surface area (Å²) in [5.74, 6) is 0.654. The van der Waals surface area contributed by atoms with Gasteiger partial charge in [-0.1, -0.05) is 127 Å². The molecule has 0 atom stereocenters. The van der Waals surface area contributed by atoms with Crippen molar-refractivity contribution in [2.75, 3.05) is 0 Å². The average Bonchev–Trinajstić information content (AvgIpc) is 3.95. The van der Waals surface area contributed by atoms with Crippen LogP contribution in [-0.4, -0.2) is 19.1 Å². The molecule has 0 aliphatic carbocycles. The number of furan rings is 1. The van der Waals surface area contributed by atoms with Crippen molar-refractivity contribution in [3.05, 3.63) is 194 Å².